The number of methoxy groups -OCH3 is 2. The SMILES string of the molecule is COc1cc2c(cc1OC)CN(C(=O)COC(=O)c1ccc(C)cc1)CC2. The van der Waals surface area contributed by atoms with Gasteiger partial charge >= 0.3 is 5.97 Å². The Bertz CT molecular complexity index is 844. The van der Waals surface area contributed by atoms with Crippen LogP contribution in [0.1, 0.15) is 27.0 Å². The van der Waals surface area contributed by atoms with Gasteiger partial charge in [-0.3, -0.25) is 4.79 Å². The van der Waals surface area contributed by atoms with Gasteiger partial charge in [0.1, 0.15) is 0 Å². The highest BCUT2D eigenvalue weighted by Crippen LogP contribution is 2.33. The normalized spacial score (nSPS) is 12.9. The summed E-state index contributed by atoms with van der Waals surface area (Å²) in [5, 5.41) is 0. The molecule has 0 saturated heterocycles. The third-order valence-electron chi connectivity index (χ3n) is 4.68. The fraction of sp³-hybridized carbons (Fsp3) is 0.333. The van der Waals surface area contributed by atoms with Crippen molar-refractivity contribution in [3.05, 3.63) is 58.7 Å². The van der Waals surface area contributed by atoms with Gasteiger partial charge in [-0.25, -0.2) is 4.79 Å². The number of rotatable bonds is 5. The van der Waals surface area contributed by atoms with E-state index < -0.39 is 5.97 Å². The van der Waals surface area contributed by atoms with Crippen LogP contribution >= 0.6 is 0 Å². The van der Waals surface area contributed by atoms with Crippen LogP contribution in [0.4, 0.5) is 0 Å². The van der Waals surface area contributed by atoms with Crippen LogP contribution in [0.5, 0.6) is 11.5 Å². The summed E-state index contributed by atoms with van der Waals surface area (Å²) >= 11 is 0. The Kier molecular flexibility index (Phi) is 5.64. The molecule has 2 aromatic rings. The Morgan fingerprint density at radius 1 is 1.00 bits per heavy atom. The van der Waals surface area contributed by atoms with E-state index in [0.29, 0.717) is 36.6 Å². The van der Waals surface area contributed by atoms with Crippen LogP contribution in [-0.4, -0.2) is 44.1 Å². The number of aryl methyl sites for hydroxylation is 1. The molecule has 0 atom stereocenters. The number of amides is 1. The summed E-state index contributed by atoms with van der Waals surface area (Å²) < 4.78 is 15.8. The van der Waals surface area contributed by atoms with E-state index in [0.717, 1.165) is 16.7 Å². The minimum absolute atomic E-state index is 0.212. The molecule has 1 aliphatic heterocycles. The summed E-state index contributed by atoms with van der Waals surface area (Å²) in [6, 6.07) is 10.9. The lowest BCUT2D eigenvalue weighted by Gasteiger charge is -2.29. The van der Waals surface area contributed by atoms with Gasteiger partial charge in [-0.1, -0.05) is 17.7 Å². The molecule has 142 valence electrons. The number of carbonyl (C=O) groups is 2. The van der Waals surface area contributed by atoms with E-state index in [1.165, 1.54) is 0 Å². The van der Waals surface area contributed by atoms with Gasteiger partial charge in [0.15, 0.2) is 18.1 Å². The van der Waals surface area contributed by atoms with Gasteiger partial charge < -0.3 is 19.1 Å². The maximum Gasteiger partial charge on any atom is 0.338 e. The van der Waals surface area contributed by atoms with Crippen molar-refractivity contribution in [1.82, 2.24) is 4.90 Å². The van der Waals surface area contributed by atoms with Gasteiger partial charge in [0.25, 0.3) is 5.91 Å². The predicted molar refractivity (Wildman–Crippen MR) is 100 cm³/mol. The zero-order valence-electron chi connectivity index (χ0n) is 15.8. The lowest BCUT2D eigenvalue weighted by Crippen LogP contribution is -2.38. The zero-order chi connectivity index (χ0) is 19.4. The van der Waals surface area contributed by atoms with E-state index in [1.54, 1.807) is 31.3 Å². The van der Waals surface area contributed by atoms with Crippen molar-refractivity contribution >= 4 is 11.9 Å². The smallest absolute Gasteiger partial charge is 0.338 e. The molecule has 0 N–H and O–H groups in total. The van der Waals surface area contributed by atoms with Crippen LogP contribution < -0.4 is 9.47 Å². The Balaban J connectivity index is 1.62. The molecule has 3 rings (SSSR count). The molecular formula is C21H23NO5. The monoisotopic (exact) mass is 369 g/mol. The summed E-state index contributed by atoms with van der Waals surface area (Å²) in [4.78, 5) is 26.2. The number of esters is 1. The highest BCUT2D eigenvalue weighted by atomic mass is 16.5. The topological polar surface area (TPSA) is 65.1 Å². The molecule has 0 unspecified atom stereocenters. The third-order valence-corrected chi connectivity index (χ3v) is 4.68. The molecule has 1 heterocycles. The summed E-state index contributed by atoms with van der Waals surface area (Å²) in [7, 11) is 3.19. The number of carbonyl (C=O) groups excluding carboxylic acids is 2. The Labute approximate surface area is 158 Å². The van der Waals surface area contributed by atoms with Crippen molar-refractivity contribution in [3.63, 3.8) is 0 Å². The van der Waals surface area contributed by atoms with Crippen LogP contribution in [0.3, 0.4) is 0 Å². The summed E-state index contributed by atoms with van der Waals surface area (Å²) in [5.74, 6) is 0.613. The van der Waals surface area contributed by atoms with Gasteiger partial charge in [-0.2, -0.15) is 0 Å². The lowest BCUT2D eigenvalue weighted by molar-refractivity contribution is -0.135. The van der Waals surface area contributed by atoms with Crippen molar-refractivity contribution in [2.45, 2.75) is 19.9 Å². The standard InChI is InChI=1S/C21H23NO5/c1-14-4-6-15(7-5-14)21(24)27-13-20(23)22-9-8-16-10-18(25-2)19(26-3)11-17(16)12-22/h4-7,10-11H,8-9,12-13H2,1-3H3. The second-order valence-electron chi connectivity index (χ2n) is 6.48. The molecule has 0 aliphatic carbocycles. The molecule has 0 saturated carbocycles. The van der Waals surface area contributed by atoms with Crippen LogP contribution in [0.15, 0.2) is 36.4 Å². The highest BCUT2D eigenvalue weighted by Gasteiger charge is 2.23. The minimum atomic E-state index is -0.493. The molecule has 6 nitrogen and oxygen atoms in total. The molecule has 2 aromatic carbocycles. The van der Waals surface area contributed by atoms with Crippen LogP contribution in [0.25, 0.3) is 0 Å². The predicted octanol–water partition coefficient (Wildman–Crippen LogP) is 2.75. The maximum atomic E-state index is 12.5. The minimum Gasteiger partial charge on any atom is -0.493 e. The van der Waals surface area contributed by atoms with E-state index in [1.807, 2.05) is 31.2 Å². The molecule has 0 fully saturated rings. The summed E-state index contributed by atoms with van der Waals surface area (Å²) in [6.07, 6.45) is 0.716. The van der Waals surface area contributed by atoms with Gasteiger partial charge in [-0.15, -0.1) is 0 Å². The highest BCUT2D eigenvalue weighted by molar-refractivity contribution is 5.91. The van der Waals surface area contributed by atoms with Crippen molar-refractivity contribution < 1.29 is 23.8 Å². The van der Waals surface area contributed by atoms with Gasteiger partial charge in [0, 0.05) is 13.1 Å². The van der Waals surface area contributed by atoms with E-state index >= 15 is 0 Å². The van der Waals surface area contributed by atoms with Crippen LogP contribution in [0, 0.1) is 6.92 Å². The number of ether oxygens (including phenoxy) is 3. The zero-order valence-corrected chi connectivity index (χ0v) is 15.8. The number of fused-ring (bicyclic) bond motifs is 1. The molecule has 6 heteroatoms. The molecule has 0 bridgehead atoms. The van der Waals surface area contributed by atoms with Crippen molar-refractivity contribution in [2.75, 3.05) is 27.4 Å². The first-order valence-electron chi connectivity index (χ1n) is 8.77. The average molecular weight is 369 g/mol. The maximum absolute atomic E-state index is 12.5. The van der Waals surface area contributed by atoms with Crippen molar-refractivity contribution in [1.29, 1.82) is 0 Å². The van der Waals surface area contributed by atoms with Gasteiger partial charge in [0.2, 0.25) is 0 Å². The number of nitrogens with zero attached hydrogens (tertiary/aromatic N) is 1. The average Bonchev–Trinajstić information content (AvgIpc) is 2.70. The summed E-state index contributed by atoms with van der Waals surface area (Å²) in [5.41, 5.74) is 3.64. The Morgan fingerprint density at radius 2 is 1.63 bits per heavy atom. The molecular weight excluding hydrogens is 346 g/mol. The molecule has 0 spiro atoms. The Morgan fingerprint density at radius 3 is 2.26 bits per heavy atom. The number of benzene rings is 2. The third kappa shape index (κ3) is 4.22. The van der Waals surface area contributed by atoms with Gasteiger partial charge in [0.05, 0.1) is 19.8 Å². The molecule has 0 aromatic heterocycles. The molecule has 1 aliphatic rings. The van der Waals surface area contributed by atoms with Crippen LogP contribution in [0.2, 0.25) is 0 Å². The van der Waals surface area contributed by atoms with Crippen molar-refractivity contribution in [3.8, 4) is 11.5 Å². The fourth-order valence-electron chi connectivity index (χ4n) is 3.09. The first kappa shape index (κ1) is 18.8. The van der Waals surface area contributed by atoms with E-state index in [-0.39, 0.29) is 12.5 Å². The van der Waals surface area contributed by atoms with E-state index in [4.69, 9.17) is 14.2 Å². The Hall–Kier alpha value is -3.02. The lowest BCUT2D eigenvalue weighted by atomic mass is 9.99. The second-order valence-corrected chi connectivity index (χ2v) is 6.48. The largest absolute Gasteiger partial charge is 0.493 e. The fourth-order valence-corrected chi connectivity index (χ4v) is 3.09. The molecule has 27 heavy (non-hydrogen) atoms. The summed E-state index contributed by atoms with van der Waals surface area (Å²) in [6.45, 7) is 2.70. The molecule has 0 radical (unpaired) electrons. The quantitative estimate of drug-likeness (QED) is 0.759. The first-order valence-corrected chi connectivity index (χ1v) is 8.77. The number of hydrogen-bond acceptors (Lipinski definition) is 5. The van der Waals surface area contributed by atoms with E-state index in [2.05, 4.69) is 0 Å². The van der Waals surface area contributed by atoms with E-state index in [9.17, 15) is 9.59 Å². The van der Waals surface area contributed by atoms with Crippen LogP contribution in [-0.2, 0) is 22.5 Å². The molecule has 1 amide bonds. The first-order chi connectivity index (χ1) is 13.0. The number of hydrogen-bond donors (Lipinski definition) is 0. The van der Waals surface area contributed by atoms with Crippen molar-refractivity contribution in [2.24, 2.45) is 0 Å². The van der Waals surface area contributed by atoms with Gasteiger partial charge in [-0.05, 0) is 48.7 Å². The second kappa shape index (κ2) is 8.12.